The first-order chi connectivity index (χ1) is 9.11. The number of rotatable bonds is 4. The van der Waals surface area contributed by atoms with Gasteiger partial charge in [-0.2, -0.15) is 0 Å². The highest BCUT2D eigenvalue weighted by molar-refractivity contribution is 5.84. The molecule has 0 aromatic heterocycles. The standard InChI is InChI=1S/C15H24N2O3/c1-14(2,3)20-13(19)17-12-7-5-6-11(8-12)9-15(4,16)10-18/h5-8,18H,9-10,16H2,1-4H3,(H,17,19). The number of amides is 1. The molecular formula is C15H24N2O3. The third kappa shape index (κ3) is 6.04. The number of nitrogens with one attached hydrogen (secondary N) is 1. The van der Waals surface area contributed by atoms with Crippen molar-refractivity contribution in [3.63, 3.8) is 0 Å². The Bertz CT molecular complexity index is 464. The zero-order valence-corrected chi connectivity index (χ0v) is 12.6. The largest absolute Gasteiger partial charge is 0.444 e. The van der Waals surface area contributed by atoms with Gasteiger partial charge >= 0.3 is 6.09 Å². The number of carbonyl (C=O) groups excluding carboxylic acids is 1. The topological polar surface area (TPSA) is 84.6 Å². The molecule has 0 saturated heterocycles. The van der Waals surface area contributed by atoms with Gasteiger partial charge in [-0.1, -0.05) is 12.1 Å². The van der Waals surface area contributed by atoms with Gasteiger partial charge < -0.3 is 15.6 Å². The van der Waals surface area contributed by atoms with Gasteiger partial charge in [0.05, 0.1) is 6.61 Å². The van der Waals surface area contributed by atoms with Crippen LogP contribution in [0.1, 0.15) is 33.3 Å². The minimum Gasteiger partial charge on any atom is -0.444 e. The maximum atomic E-state index is 11.7. The maximum absolute atomic E-state index is 11.7. The van der Waals surface area contributed by atoms with Crippen molar-refractivity contribution >= 4 is 11.8 Å². The highest BCUT2D eigenvalue weighted by Crippen LogP contribution is 2.16. The molecule has 1 rings (SSSR count). The summed E-state index contributed by atoms with van der Waals surface area (Å²) in [5.74, 6) is 0. The highest BCUT2D eigenvalue weighted by atomic mass is 16.6. The van der Waals surface area contributed by atoms with Crippen LogP contribution in [0.4, 0.5) is 10.5 Å². The lowest BCUT2D eigenvalue weighted by Crippen LogP contribution is -2.42. The molecule has 4 N–H and O–H groups in total. The van der Waals surface area contributed by atoms with Crippen LogP contribution in [0.3, 0.4) is 0 Å². The second kappa shape index (κ2) is 6.24. The number of nitrogens with two attached hydrogens (primary N) is 1. The molecule has 0 bridgehead atoms. The van der Waals surface area contributed by atoms with Crippen molar-refractivity contribution in [2.45, 2.75) is 45.3 Å². The average molecular weight is 280 g/mol. The summed E-state index contributed by atoms with van der Waals surface area (Å²) in [6.07, 6.45) is 0.0279. The molecule has 0 saturated carbocycles. The van der Waals surface area contributed by atoms with Crippen LogP contribution >= 0.6 is 0 Å². The summed E-state index contributed by atoms with van der Waals surface area (Å²) in [6, 6.07) is 7.33. The molecule has 1 aromatic rings. The molecule has 0 aliphatic rings. The third-order valence-corrected chi connectivity index (χ3v) is 2.54. The van der Waals surface area contributed by atoms with E-state index in [1.807, 2.05) is 39.0 Å². The molecule has 0 fully saturated rings. The number of aliphatic hydroxyl groups excluding tert-OH is 1. The van der Waals surface area contributed by atoms with Crippen LogP contribution in [0, 0.1) is 0 Å². The summed E-state index contributed by atoms with van der Waals surface area (Å²) in [6.45, 7) is 7.11. The lowest BCUT2D eigenvalue weighted by Gasteiger charge is -2.22. The van der Waals surface area contributed by atoms with Crippen LogP contribution in [-0.2, 0) is 11.2 Å². The zero-order chi connectivity index (χ0) is 15.4. The van der Waals surface area contributed by atoms with Crippen molar-refractivity contribution in [2.24, 2.45) is 5.73 Å². The van der Waals surface area contributed by atoms with Crippen LogP contribution in [0.2, 0.25) is 0 Å². The number of carbonyl (C=O) groups is 1. The Morgan fingerprint density at radius 2 is 2.00 bits per heavy atom. The van der Waals surface area contributed by atoms with Crippen LogP contribution < -0.4 is 11.1 Å². The van der Waals surface area contributed by atoms with Gasteiger partial charge in [-0.25, -0.2) is 4.79 Å². The van der Waals surface area contributed by atoms with E-state index in [-0.39, 0.29) is 6.61 Å². The third-order valence-electron chi connectivity index (χ3n) is 2.54. The SMILES string of the molecule is CC(N)(CO)Cc1cccc(NC(=O)OC(C)(C)C)c1. The first kappa shape index (κ1) is 16.5. The fraction of sp³-hybridized carbons (Fsp3) is 0.533. The van der Waals surface area contributed by atoms with E-state index in [0.717, 1.165) is 5.56 Å². The van der Waals surface area contributed by atoms with E-state index < -0.39 is 17.2 Å². The summed E-state index contributed by atoms with van der Waals surface area (Å²) in [7, 11) is 0. The molecule has 0 heterocycles. The molecule has 0 radical (unpaired) electrons. The Morgan fingerprint density at radius 1 is 1.35 bits per heavy atom. The van der Waals surface area contributed by atoms with Crippen molar-refractivity contribution < 1.29 is 14.6 Å². The van der Waals surface area contributed by atoms with E-state index in [4.69, 9.17) is 10.5 Å². The van der Waals surface area contributed by atoms with Gasteiger partial charge in [0.1, 0.15) is 5.60 Å². The van der Waals surface area contributed by atoms with Gasteiger partial charge in [-0.15, -0.1) is 0 Å². The van der Waals surface area contributed by atoms with Gasteiger partial charge in [0.15, 0.2) is 0 Å². The summed E-state index contributed by atoms with van der Waals surface area (Å²) in [5, 5.41) is 11.9. The monoisotopic (exact) mass is 280 g/mol. The average Bonchev–Trinajstić information content (AvgIpc) is 2.26. The molecule has 1 atom stereocenters. The highest BCUT2D eigenvalue weighted by Gasteiger charge is 2.19. The lowest BCUT2D eigenvalue weighted by atomic mass is 9.95. The minimum absolute atomic E-state index is 0.100. The van der Waals surface area contributed by atoms with Crippen LogP contribution in [0.5, 0.6) is 0 Å². The molecule has 0 aliphatic heterocycles. The molecule has 112 valence electrons. The second-order valence-corrected chi connectivity index (χ2v) is 6.32. The van der Waals surface area contributed by atoms with E-state index in [0.29, 0.717) is 12.1 Å². The van der Waals surface area contributed by atoms with Gasteiger partial charge in [0, 0.05) is 11.2 Å². The predicted octanol–water partition coefficient (Wildman–Crippen LogP) is 2.29. The van der Waals surface area contributed by atoms with Gasteiger partial charge in [-0.05, 0) is 51.8 Å². The Morgan fingerprint density at radius 3 is 2.55 bits per heavy atom. The lowest BCUT2D eigenvalue weighted by molar-refractivity contribution is 0.0636. The molecular weight excluding hydrogens is 256 g/mol. The summed E-state index contributed by atoms with van der Waals surface area (Å²) < 4.78 is 5.19. The van der Waals surface area contributed by atoms with E-state index in [9.17, 15) is 9.90 Å². The number of hydrogen-bond donors (Lipinski definition) is 3. The molecule has 5 nitrogen and oxygen atoms in total. The van der Waals surface area contributed by atoms with E-state index in [1.54, 1.807) is 13.0 Å². The molecule has 1 unspecified atom stereocenters. The number of hydrogen-bond acceptors (Lipinski definition) is 4. The fourth-order valence-corrected chi connectivity index (χ4v) is 1.70. The predicted molar refractivity (Wildman–Crippen MR) is 79.7 cm³/mol. The summed E-state index contributed by atoms with van der Waals surface area (Å²) >= 11 is 0. The second-order valence-electron chi connectivity index (χ2n) is 6.32. The number of aliphatic hydroxyl groups is 1. The maximum Gasteiger partial charge on any atom is 0.412 e. The van der Waals surface area contributed by atoms with Crippen molar-refractivity contribution in [1.82, 2.24) is 0 Å². The summed E-state index contributed by atoms with van der Waals surface area (Å²) in [4.78, 5) is 11.7. The van der Waals surface area contributed by atoms with Crippen molar-refractivity contribution in [3.05, 3.63) is 29.8 Å². The Hall–Kier alpha value is -1.59. The van der Waals surface area contributed by atoms with Crippen molar-refractivity contribution in [2.75, 3.05) is 11.9 Å². The van der Waals surface area contributed by atoms with Gasteiger partial charge in [0.2, 0.25) is 0 Å². The van der Waals surface area contributed by atoms with Gasteiger partial charge in [0.25, 0.3) is 0 Å². The number of ether oxygens (including phenoxy) is 1. The molecule has 1 aromatic carbocycles. The summed E-state index contributed by atoms with van der Waals surface area (Å²) in [5.41, 5.74) is 6.30. The number of benzene rings is 1. The van der Waals surface area contributed by atoms with E-state index in [1.165, 1.54) is 0 Å². The first-order valence-electron chi connectivity index (χ1n) is 6.60. The molecule has 5 heteroatoms. The van der Waals surface area contributed by atoms with Crippen LogP contribution in [-0.4, -0.2) is 28.9 Å². The van der Waals surface area contributed by atoms with E-state index in [2.05, 4.69) is 5.32 Å². The van der Waals surface area contributed by atoms with E-state index >= 15 is 0 Å². The Kier molecular flexibility index (Phi) is 5.14. The number of anilines is 1. The minimum atomic E-state index is -0.676. The molecule has 1 amide bonds. The first-order valence-corrected chi connectivity index (χ1v) is 6.60. The van der Waals surface area contributed by atoms with Crippen LogP contribution in [0.15, 0.2) is 24.3 Å². The zero-order valence-electron chi connectivity index (χ0n) is 12.6. The van der Waals surface area contributed by atoms with Crippen molar-refractivity contribution in [3.8, 4) is 0 Å². The van der Waals surface area contributed by atoms with Crippen molar-refractivity contribution in [1.29, 1.82) is 0 Å². The molecule has 0 spiro atoms. The van der Waals surface area contributed by atoms with Gasteiger partial charge in [-0.3, -0.25) is 5.32 Å². The fourth-order valence-electron chi connectivity index (χ4n) is 1.70. The quantitative estimate of drug-likeness (QED) is 0.790. The van der Waals surface area contributed by atoms with Crippen LogP contribution in [0.25, 0.3) is 0 Å². The molecule has 20 heavy (non-hydrogen) atoms. The molecule has 0 aliphatic carbocycles. The Labute approximate surface area is 120 Å². The normalized spacial score (nSPS) is 14.5. The smallest absolute Gasteiger partial charge is 0.412 e. The Balaban J connectivity index is 2.71.